The van der Waals surface area contributed by atoms with Gasteiger partial charge in [-0.25, -0.2) is 0 Å². The molecule has 0 unspecified atom stereocenters. The average Bonchev–Trinajstić information content (AvgIpc) is 2.04. The van der Waals surface area contributed by atoms with Crippen LogP contribution in [-0.2, 0) is 4.74 Å². The van der Waals surface area contributed by atoms with Gasteiger partial charge in [0.05, 0.1) is 0 Å². The normalized spacial score (nSPS) is 17.4. The summed E-state index contributed by atoms with van der Waals surface area (Å²) in [5.41, 5.74) is 1.29. The summed E-state index contributed by atoms with van der Waals surface area (Å²) in [7, 11) is 0. The van der Waals surface area contributed by atoms with Crippen LogP contribution < -0.4 is 0 Å². The molecular weight excluding hydrogens is 174 g/mol. The van der Waals surface area contributed by atoms with Crippen molar-refractivity contribution in [2.75, 3.05) is 0 Å². The molecule has 0 atom stereocenters. The van der Waals surface area contributed by atoms with Crippen molar-refractivity contribution in [1.29, 1.82) is 0 Å². The van der Waals surface area contributed by atoms with Crippen molar-refractivity contribution in [1.82, 2.24) is 0 Å². The molecule has 0 saturated carbocycles. The molecule has 0 aromatic rings. The van der Waals surface area contributed by atoms with E-state index in [-0.39, 0.29) is 0 Å². The van der Waals surface area contributed by atoms with E-state index in [0.717, 1.165) is 6.42 Å². The van der Waals surface area contributed by atoms with E-state index in [1.165, 1.54) is 5.57 Å². The Hall–Kier alpha value is -0.860. The number of allylic oxidation sites excluding steroid dienone is 4. The van der Waals surface area contributed by atoms with Crippen molar-refractivity contribution < 1.29 is 13.5 Å². The maximum atomic E-state index is 11.8. The summed E-state index contributed by atoms with van der Waals surface area (Å²) in [4.78, 5) is 0. The molecule has 1 nitrogen and oxygen atoms in total. The molecule has 0 aromatic heterocycles. The molecule has 0 heterocycles. The van der Waals surface area contributed by atoms with Gasteiger partial charge >= 0.3 is 6.61 Å². The van der Waals surface area contributed by atoms with Crippen molar-refractivity contribution in [3.05, 3.63) is 23.5 Å². The van der Waals surface area contributed by atoms with E-state index in [1.54, 1.807) is 6.08 Å². The maximum absolute atomic E-state index is 11.8. The molecule has 0 spiro atoms. The quantitative estimate of drug-likeness (QED) is 0.658. The molecule has 0 saturated heterocycles. The summed E-state index contributed by atoms with van der Waals surface area (Å²) in [6, 6.07) is 0. The molecule has 0 aliphatic heterocycles. The highest BCUT2D eigenvalue weighted by atomic mass is 19.3. The molecule has 13 heavy (non-hydrogen) atoms. The third-order valence-corrected chi connectivity index (χ3v) is 2.13. The van der Waals surface area contributed by atoms with Crippen molar-refractivity contribution in [2.24, 2.45) is 5.92 Å². The Morgan fingerprint density at radius 2 is 1.92 bits per heavy atom. The molecule has 74 valence electrons. The van der Waals surface area contributed by atoms with Gasteiger partial charge in [-0.3, -0.25) is 0 Å². The standard InChI is InChI=1S/C10H14F2O/c1-7(2)8-3-5-9(6-4-8)13-10(11)12/h3,5,7,10H,4,6H2,1-2H3. The first-order valence-corrected chi connectivity index (χ1v) is 4.44. The van der Waals surface area contributed by atoms with Gasteiger partial charge in [-0.05, 0) is 18.4 Å². The van der Waals surface area contributed by atoms with Crippen LogP contribution in [0.25, 0.3) is 0 Å². The summed E-state index contributed by atoms with van der Waals surface area (Å²) < 4.78 is 27.9. The lowest BCUT2D eigenvalue weighted by Crippen LogP contribution is -2.04. The third kappa shape index (κ3) is 3.17. The van der Waals surface area contributed by atoms with Crippen LogP contribution in [0.4, 0.5) is 8.78 Å². The zero-order valence-electron chi connectivity index (χ0n) is 7.89. The van der Waals surface area contributed by atoms with Crippen LogP contribution in [-0.4, -0.2) is 6.61 Å². The van der Waals surface area contributed by atoms with Crippen LogP contribution in [0, 0.1) is 5.92 Å². The van der Waals surface area contributed by atoms with E-state index in [2.05, 4.69) is 18.6 Å². The fourth-order valence-electron chi connectivity index (χ4n) is 1.33. The van der Waals surface area contributed by atoms with Crippen LogP contribution >= 0.6 is 0 Å². The lowest BCUT2D eigenvalue weighted by molar-refractivity contribution is -0.0986. The first-order valence-electron chi connectivity index (χ1n) is 4.44. The number of halogens is 2. The summed E-state index contributed by atoms with van der Waals surface area (Å²) in [5, 5.41) is 0. The molecule has 1 aliphatic rings. The van der Waals surface area contributed by atoms with E-state index >= 15 is 0 Å². The molecule has 0 bridgehead atoms. The van der Waals surface area contributed by atoms with Crippen LogP contribution in [0.1, 0.15) is 26.7 Å². The first kappa shape index (κ1) is 10.2. The highest BCUT2D eigenvalue weighted by Crippen LogP contribution is 2.25. The van der Waals surface area contributed by atoms with Gasteiger partial charge in [0.25, 0.3) is 0 Å². The minimum absolute atomic E-state index is 0.388. The maximum Gasteiger partial charge on any atom is 0.387 e. The predicted molar refractivity (Wildman–Crippen MR) is 47.3 cm³/mol. The topological polar surface area (TPSA) is 9.23 Å². The minimum Gasteiger partial charge on any atom is -0.439 e. The summed E-state index contributed by atoms with van der Waals surface area (Å²) >= 11 is 0. The Balaban J connectivity index is 2.54. The van der Waals surface area contributed by atoms with Gasteiger partial charge in [0, 0.05) is 6.42 Å². The fraction of sp³-hybridized carbons (Fsp3) is 0.600. The molecule has 0 N–H and O–H groups in total. The van der Waals surface area contributed by atoms with Gasteiger partial charge in [0.15, 0.2) is 0 Å². The SMILES string of the molecule is CC(C)C1=CC=C(OC(F)F)CC1. The molecular formula is C10H14F2O. The van der Waals surface area contributed by atoms with Gasteiger partial charge in [-0.15, -0.1) is 0 Å². The largest absolute Gasteiger partial charge is 0.439 e. The van der Waals surface area contributed by atoms with E-state index < -0.39 is 6.61 Å². The van der Waals surface area contributed by atoms with Gasteiger partial charge in [-0.2, -0.15) is 8.78 Å². The second-order valence-electron chi connectivity index (χ2n) is 3.41. The summed E-state index contributed by atoms with van der Waals surface area (Å²) in [6.45, 7) is 1.50. The van der Waals surface area contributed by atoms with Crippen molar-refractivity contribution in [2.45, 2.75) is 33.3 Å². The minimum atomic E-state index is -2.69. The first-order chi connectivity index (χ1) is 6.09. The van der Waals surface area contributed by atoms with E-state index in [9.17, 15) is 8.78 Å². The Morgan fingerprint density at radius 1 is 1.23 bits per heavy atom. The summed E-state index contributed by atoms with van der Waals surface area (Å²) in [5.74, 6) is 0.878. The second kappa shape index (κ2) is 4.40. The van der Waals surface area contributed by atoms with Crippen LogP contribution in [0.2, 0.25) is 0 Å². The highest BCUT2D eigenvalue weighted by molar-refractivity contribution is 5.22. The number of hydrogen-bond donors (Lipinski definition) is 0. The van der Waals surface area contributed by atoms with Crippen LogP contribution in [0.15, 0.2) is 23.5 Å². The summed E-state index contributed by atoms with van der Waals surface area (Å²) in [6.07, 6.45) is 4.95. The number of hydrogen-bond acceptors (Lipinski definition) is 1. The smallest absolute Gasteiger partial charge is 0.387 e. The highest BCUT2D eigenvalue weighted by Gasteiger charge is 2.12. The molecule has 0 amide bonds. The zero-order chi connectivity index (χ0) is 9.84. The van der Waals surface area contributed by atoms with Gasteiger partial charge in [-0.1, -0.05) is 25.5 Å². The zero-order valence-corrected chi connectivity index (χ0v) is 7.89. The lowest BCUT2D eigenvalue weighted by Gasteiger charge is -2.17. The Morgan fingerprint density at radius 3 is 2.31 bits per heavy atom. The number of alkyl halides is 2. The van der Waals surface area contributed by atoms with Crippen molar-refractivity contribution in [3.8, 4) is 0 Å². The van der Waals surface area contributed by atoms with Crippen molar-refractivity contribution in [3.63, 3.8) is 0 Å². The van der Waals surface area contributed by atoms with Crippen LogP contribution in [0.5, 0.6) is 0 Å². The molecule has 0 radical (unpaired) electrons. The van der Waals surface area contributed by atoms with Gasteiger partial charge < -0.3 is 4.74 Å². The molecule has 1 rings (SSSR count). The molecule has 3 heteroatoms. The Kier molecular flexibility index (Phi) is 3.46. The number of rotatable bonds is 3. The third-order valence-electron chi connectivity index (χ3n) is 2.13. The van der Waals surface area contributed by atoms with Crippen molar-refractivity contribution >= 4 is 0 Å². The Bertz CT molecular complexity index is 229. The Labute approximate surface area is 77.1 Å². The monoisotopic (exact) mass is 188 g/mol. The van der Waals surface area contributed by atoms with E-state index in [4.69, 9.17) is 0 Å². The van der Waals surface area contributed by atoms with Gasteiger partial charge in [0.1, 0.15) is 5.76 Å². The van der Waals surface area contributed by atoms with Crippen LogP contribution in [0.3, 0.4) is 0 Å². The second-order valence-corrected chi connectivity index (χ2v) is 3.41. The molecule has 1 aliphatic carbocycles. The van der Waals surface area contributed by atoms with Gasteiger partial charge in [0.2, 0.25) is 0 Å². The number of ether oxygens (including phenoxy) is 1. The lowest BCUT2D eigenvalue weighted by atomic mass is 9.94. The molecule has 0 aromatic carbocycles. The molecule has 0 fully saturated rings. The van der Waals surface area contributed by atoms with E-state index in [0.29, 0.717) is 18.1 Å². The fourth-order valence-corrected chi connectivity index (χ4v) is 1.33. The predicted octanol–water partition coefficient (Wildman–Crippen LogP) is 3.49. The average molecular weight is 188 g/mol. The van der Waals surface area contributed by atoms with E-state index in [1.807, 2.05) is 6.08 Å².